The van der Waals surface area contributed by atoms with Crippen LogP contribution < -0.4 is 10.2 Å². The highest BCUT2D eigenvalue weighted by molar-refractivity contribution is 5.96. The summed E-state index contributed by atoms with van der Waals surface area (Å²) in [6.07, 6.45) is 5.54. The lowest BCUT2D eigenvalue weighted by Crippen LogP contribution is -2.28. The van der Waals surface area contributed by atoms with Crippen molar-refractivity contribution in [1.82, 2.24) is 25.0 Å². The summed E-state index contributed by atoms with van der Waals surface area (Å²) in [4.78, 5) is 6.37. The summed E-state index contributed by atoms with van der Waals surface area (Å²) in [5, 5.41) is 17.4. The SMILES string of the molecule is CCn1ncc2c(NC3CCOCC3)c(-c3nnc(N(C)C)o3)cnc21. The lowest BCUT2D eigenvalue weighted by atomic mass is 10.1. The topological polar surface area (TPSA) is 94.1 Å². The van der Waals surface area contributed by atoms with Crippen LogP contribution in [0.1, 0.15) is 19.8 Å². The van der Waals surface area contributed by atoms with Gasteiger partial charge in [-0.25, -0.2) is 9.67 Å². The summed E-state index contributed by atoms with van der Waals surface area (Å²) >= 11 is 0. The maximum atomic E-state index is 5.81. The molecule has 0 amide bonds. The minimum absolute atomic E-state index is 0.328. The van der Waals surface area contributed by atoms with Crippen LogP contribution in [0.3, 0.4) is 0 Å². The van der Waals surface area contributed by atoms with Crippen molar-refractivity contribution in [1.29, 1.82) is 0 Å². The summed E-state index contributed by atoms with van der Waals surface area (Å²) in [6.45, 7) is 4.34. The van der Waals surface area contributed by atoms with E-state index in [1.54, 1.807) is 11.1 Å². The summed E-state index contributed by atoms with van der Waals surface area (Å²) < 4.78 is 13.2. The van der Waals surface area contributed by atoms with Crippen LogP contribution in [0.2, 0.25) is 0 Å². The minimum Gasteiger partial charge on any atom is -0.403 e. The number of rotatable bonds is 5. The standard InChI is InChI=1S/C17H23N7O2/c1-4-24-15-12(10-19-24)14(20-11-5-7-25-8-6-11)13(9-18-15)16-21-22-17(26-16)23(2)3/h9-11H,4-8H2,1-3H3,(H,18,20). The van der Waals surface area contributed by atoms with Gasteiger partial charge in [0, 0.05) is 46.1 Å². The normalized spacial score (nSPS) is 15.5. The van der Waals surface area contributed by atoms with Crippen molar-refractivity contribution >= 4 is 22.7 Å². The van der Waals surface area contributed by atoms with Gasteiger partial charge in [-0.3, -0.25) is 0 Å². The van der Waals surface area contributed by atoms with Crippen LogP contribution in [-0.4, -0.2) is 58.3 Å². The van der Waals surface area contributed by atoms with Gasteiger partial charge in [0.15, 0.2) is 5.65 Å². The molecule has 0 spiro atoms. The van der Waals surface area contributed by atoms with E-state index in [0.29, 0.717) is 17.9 Å². The lowest BCUT2D eigenvalue weighted by molar-refractivity contribution is 0.0905. The van der Waals surface area contributed by atoms with E-state index in [9.17, 15) is 0 Å². The van der Waals surface area contributed by atoms with E-state index in [2.05, 4.69) is 32.5 Å². The number of nitrogens with zero attached hydrogens (tertiary/aromatic N) is 6. The van der Waals surface area contributed by atoms with Gasteiger partial charge in [-0.15, -0.1) is 5.10 Å². The van der Waals surface area contributed by atoms with Gasteiger partial charge in [0.1, 0.15) is 0 Å². The Morgan fingerprint density at radius 2 is 2.04 bits per heavy atom. The Balaban J connectivity index is 1.80. The molecule has 9 nitrogen and oxygen atoms in total. The fourth-order valence-corrected chi connectivity index (χ4v) is 3.13. The third-order valence-corrected chi connectivity index (χ3v) is 4.56. The average Bonchev–Trinajstić information content (AvgIpc) is 3.30. The average molecular weight is 357 g/mol. The molecule has 0 aliphatic carbocycles. The number of hydrogen-bond acceptors (Lipinski definition) is 8. The Morgan fingerprint density at radius 1 is 1.23 bits per heavy atom. The first-order chi connectivity index (χ1) is 12.7. The van der Waals surface area contributed by atoms with Gasteiger partial charge >= 0.3 is 6.01 Å². The van der Waals surface area contributed by atoms with Crippen molar-refractivity contribution in [2.75, 3.05) is 37.5 Å². The molecule has 0 atom stereocenters. The van der Waals surface area contributed by atoms with Crippen LogP contribution in [0.5, 0.6) is 0 Å². The van der Waals surface area contributed by atoms with Crippen molar-refractivity contribution in [2.24, 2.45) is 0 Å². The van der Waals surface area contributed by atoms with Crippen molar-refractivity contribution in [3.63, 3.8) is 0 Å². The summed E-state index contributed by atoms with van der Waals surface area (Å²) in [5.41, 5.74) is 2.58. The number of hydrogen-bond donors (Lipinski definition) is 1. The summed E-state index contributed by atoms with van der Waals surface area (Å²) in [5.74, 6) is 0.446. The minimum atomic E-state index is 0.328. The van der Waals surface area contributed by atoms with Crippen molar-refractivity contribution in [3.8, 4) is 11.5 Å². The highest BCUT2D eigenvalue weighted by Crippen LogP contribution is 2.35. The first-order valence-electron chi connectivity index (χ1n) is 8.87. The van der Waals surface area contributed by atoms with Crippen molar-refractivity contribution < 1.29 is 9.15 Å². The molecule has 0 radical (unpaired) electrons. The van der Waals surface area contributed by atoms with E-state index < -0.39 is 0 Å². The predicted molar refractivity (Wildman–Crippen MR) is 98.3 cm³/mol. The van der Waals surface area contributed by atoms with Crippen molar-refractivity contribution in [3.05, 3.63) is 12.4 Å². The zero-order chi connectivity index (χ0) is 18.1. The Hall–Kier alpha value is -2.68. The second kappa shape index (κ2) is 6.91. The lowest BCUT2D eigenvalue weighted by Gasteiger charge is -2.25. The maximum absolute atomic E-state index is 5.81. The number of pyridine rings is 1. The van der Waals surface area contributed by atoms with Gasteiger partial charge in [0.2, 0.25) is 0 Å². The van der Waals surface area contributed by atoms with E-state index in [1.165, 1.54) is 0 Å². The van der Waals surface area contributed by atoms with Gasteiger partial charge in [-0.1, -0.05) is 5.10 Å². The Morgan fingerprint density at radius 3 is 2.73 bits per heavy atom. The molecule has 9 heteroatoms. The smallest absolute Gasteiger partial charge is 0.317 e. The van der Waals surface area contributed by atoms with E-state index in [-0.39, 0.29) is 0 Å². The van der Waals surface area contributed by atoms with Crippen LogP contribution in [0, 0.1) is 0 Å². The Kier molecular flexibility index (Phi) is 4.46. The first kappa shape index (κ1) is 16.8. The fourth-order valence-electron chi connectivity index (χ4n) is 3.13. The molecule has 0 unspecified atom stereocenters. The molecule has 1 aliphatic rings. The van der Waals surface area contributed by atoms with Gasteiger partial charge in [-0.2, -0.15) is 5.10 Å². The van der Waals surface area contributed by atoms with Crippen LogP contribution in [-0.2, 0) is 11.3 Å². The third-order valence-electron chi connectivity index (χ3n) is 4.56. The van der Waals surface area contributed by atoms with Gasteiger partial charge in [0.05, 0.1) is 22.8 Å². The number of aromatic nitrogens is 5. The molecule has 0 aromatic carbocycles. The molecule has 3 aromatic heterocycles. The van der Waals surface area contributed by atoms with E-state index in [4.69, 9.17) is 9.15 Å². The monoisotopic (exact) mass is 357 g/mol. The van der Waals surface area contributed by atoms with Gasteiger partial charge < -0.3 is 19.4 Å². The number of nitrogens with one attached hydrogen (secondary N) is 1. The second-order valence-electron chi connectivity index (χ2n) is 6.56. The molecule has 4 rings (SSSR count). The zero-order valence-electron chi connectivity index (χ0n) is 15.3. The number of ether oxygens (including phenoxy) is 1. The van der Waals surface area contributed by atoms with E-state index in [1.807, 2.05) is 25.0 Å². The van der Waals surface area contributed by atoms with Crippen molar-refractivity contribution in [2.45, 2.75) is 32.4 Å². The Labute approximate surface area is 151 Å². The molecule has 0 bridgehead atoms. The molecule has 1 saturated heterocycles. The van der Waals surface area contributed by atoms with E-state index in [0.717, 1.165) is 54.9 Å². The number of fused-ring (bicyclic) bond motifs is 1. The molecule has 1 aliphatic heterocycles. The highest BCUT2D eigenvalue weighted by Gasteiger charge is 2.22. The molecule has 138 valence electrons. The molecule has 4 heterocycles. The predicted octanol–water partition coefficient (Wildman–Crippen LogP) is 2.16. The molecule has 1 N–H and O–H groups in total. The van der Waals surface area contributed by atoms with Crippen LogP contribution in [0.4, 0.5) is 11.7 Å². The first-order valence-corrected chi connectivity index (χ1v) is 8.87. The summed E-state index contributed by atoms with van der Waals surface area (Å²) in [7, 11) is 3.73. The number of aryl methyl sites for hydroxylation is 1. The molecule has 3 aromatic rings. The Bertz CT molecular complexity index is 896. The molecule has 26 heavy (non-hydrogen) atoms. The highest BCUT2D eigenvalue weighted by atomic mass is 16.5. The molecular formula is C17H23N7O2. The number of anilines is 2. The maximum Gasteiger partial charge on any atom is 0.317 e. The fraction of sp³-hybridized carbons (Fsp3) is 0.529. The van der Waals surface area contributed by atoms with Gasteiger partial charge in [0.25, 0.3) is 5.89 Å². The molecular weight excluding hydrogens is 334 g/mol. The van der Waals surface area contributed by atoms with Crippen LogP contribution >= 0.6 is 0 Å². The quantitative estimate of drug-likeness (QED) is 0.742. The van der Waals surface area contributed by atoms with Crippen LogP contribution in [0.25, 0.3) is 22.5 Å². The second-order valence-corrected chi connectivity index (χ2v) is 6.56. The third kappa shape index (κ3) is 2.98. The van der Waals surface area contributed by atoms with Crippen LogP contribution in [0.15, 0.2) is 16.8 Å². The zero-order valence-corrected chi connectivity index (χ0v) is 15.3. The van der Waals surface area contributed by atoms with E-state index >= 15 is 0 Å². The largest absolute Gasteiger partial charge is 0.403 e. The summed E-state index contributed by atoms with van der Waals surface area (Å²) in [6, 6.07) is 0.788. The molecule has 0 saturated carbocycles. The molecule has 1 fully saturated rings. The van der Waals surface area contributed by atoms with Gasteiger partial charge in [-0.05, 0) is 19.8 Å².